The highest BCUT2D eigenvalue weighted by molar-refractivity contribution is 6.38. The number of carbonyl (C=O) groups excluding carboxylic acids is 5. The number of ether oxygens (including phenoxy) is 1. The van der Waals surface area contributed by atoms with Gasteiger partial charge in [0.15, 0.2) is 0 Å². The quantitative estimate of drug-likeness (QED) is 0.267. The van der Waals surface area contributed by atoms with E-state index in [9.17, 15) is 24.0 Å². The summed E-state index contributed by atoms with van der Waals surface area (Å²) in [4.78, 5) is 68.2. The van der Waals surface area contributed by atoms with E-state index in [2.05, 4.69) is 36.4 Å². The van der Waals surface area contributed by atoms with Gasteiger partial charge in [-0.2, -0.15) is 0 Å². The zero-order valence-corrected chi connectivity index (χ0v) is 26.2. The van der Waals surface area contributed by atoms with Gasteiger partial charge in [-0.05, 0) is 74.3 Å². The number of fused-ring (bicyclic) bond motifs is 2. The minimum Gasteiger partial charge on any atom is -0.444 e. The largest absolute Gasteiger partial charge is 0.444 e. The molecule has 0 spiro atoms. The molecule has 3 aliphatic rings. The number of rotatable bonds is 11. The Bertz CT molecular complexity index is 1260. The summed E-state index contributed by atoms with van der Waals surface area (Å²) in [5, 5.41) is 8.15. The monoisotopic (exact) mass is 594 g/mol. The van der Waals surface area contributed by atoms with Crippen LogP contribution >= 0.6 is 0 Å². The van der Waals surface area contributed by atoms with Crippen LogP contribution in [0.4, 0.5) is 4.79 Å². The number of hydrogen-bond donors (Lipinski definition) is 3. The summed E-state index contributed by atoms with van der Waals surface area (Å²) >= 11 is 0. The lowest BCUT2D eigenvalue weighted by molar-refractivity contribution is -0.144. The molecule has 1 aromatic carbocycles. The predicted octanol–water partition coefficient (Wildman–Crippen LogP) is 2.93. The lowest BCUT2D eigenvalue weighted by Crippen LogP contribution is -2.59. The van der Waals surface area contributed by atoms with Crippen molar-refractivity contribution in [2.45, 2.75) is 91.0 Å². The van der Waals surface area contributed by atoms with E-state index in [0.717, 1.165) is 11.1 Å². The Morgan fingerprint density at radius 2 is 1.72 bits per heavy atom. The van der Waals surface area contributed by atoms with Crippen molar-refractivity contribution in [3.05, 3.63) is 48.0 Å². The van der Waals surface area contributed by atoms with E-state index in [1.54, 1.807) is 25.7 Å². The van der Waals surface area contributed by atoms with Gasteiger partial charge in [-0.15, -0.1) is 6.58 Å². The highest BCUT2D eigenvalue weighted by atomic mass is 16.6. The van der Waals surface area contributed by atoms with Crippen LogP contribution in [0, 0.1) is 23.2 Å². The molecule has 1 heterocycles. The van der Waals surface area contributed by atoms with Gasteiger partial charge in [0, 0.05) is 13.1 Å². The number of Topliss-reactive ketones (excluding diaryl/α,β-unsaturated/α-hetero) is 1. The van der Waals surface area contributed by atoms with E-state index in [4.69, 9.17) is 4.74 Å². The van der Waals surface area contributed by atoms with Crippen LogP contribution in [-0.4, -0.2) is 71.3 Å². The first kappa shape index (κ1) is 32.2. The van der Waals surface area contributed by atoms with E-state index >= 15 is 0 Å². The van der Waals surface area contributed by atoms with Gasteiger partial charge in [0.25, 0.3) is 5.91 Å². The van der Waals surface area contributed by atoms with Gasteiger partial charge in [0.05, 0.1) is 6.04 Å². The smallest absolute Gasteiger partial charge is 0.408 e. The first-order chi connectivity index (χ1) is 20.2. The standard InChI is InChI=1S/C33H46N4O6/c1-8-12-23(27(38)29(40)34-15-9-2)35-28(39)26-24-22(33(24,6)7)18-37(26)30(41)25(36-31(42)43-32(3,4)5)21-16-19-13-10-11-14-20(19)17-21/h9-11,13-14,21-26H,2,8,12,15-18H2,1,3-7H3,(H,34,40)(H,35,39)(H,36,42)/t22-,23?,24-,25-,26-/m0/s1. The maximum atomic E-state index is 14.4. The van der Waals surface area contributed by atoms with Gasteiger partial charge in [-0.3, -0.25) is 19.2 Å². The molecule has 1 saturated carbocycles. The molecule has 2 aliphatic carbocycles. The number of nitrogens with zero attached hydrogens (tertiary/aromatic N) is 1. The Hall–Kier alpha value is -3.69. The van der Waals surface area contributed by atoms with E-state index in [0.29, 0.717) is 25.8 Å². The number of amides is 4. The second-order valence-electron chi connectivity index (χ2n) is 13.7. The fourth-order valence-electron chi connectivity index (χ4n) is 6.86. The molecule has 3 N–H and O–H groups in total. The van der Waals surface area contributed by atoms with Gasteiger partial charge < -0.3 is 25.6 Å². The van der Waals surface area contributed by atoms with Gasteiger partial charge >= 0.3 is 6.09 Å². The van der Waals surface area contributed by atoms with Crippen LogP contribution in [0.1, 0.15) is 65.5 Å². The SMILES string of the molecule is C=CCNC(=O)C(=O)C(CCC)NC(=O)[C@@H]1[C@@H]2[C@H](CN1C(=O)[C@@H](NC(=O)OC(C)(C)C)C1Cc3ccccc3C1)C2(C)C. The number of alkyl carbamates (subject to hydrolysis) is 1. The Morgan fingerprint density at radius 1 is 1.09 bits per heavy atom. The second kappa shape index (κ2) is 12.5. The molecule has 0 bridgehead atoms. The van der Waals surface area contributed by atoms with Crippen LogP contribution in [-0.2, 0) is 36.8 Å². The highest BCUT2D eigenvalue weighted by Gasteiger charge is 2.69. The summed E-state index contributed by atoms with van der Waals surface area (Å²) in [6.45, 7) is 15.4. The number of benzene rings is 1. The average Bonchev–Trinajstić information content (AvgIpc) is 3.30. The molecule has 5 atom stereocenters. The molecule has 1 saturated heterocycles. The summed E-state index contributed by atoms with van der Waals surface area (Å²) in [7, 11) is 0. The molecule has 4 rings (SSSR count). The van der Waals surface area contributed by atoms with E-state index in [1.165, 1.54) is 6.08 Å². The van der Waals surface area contributed by atoms with Gasteiger partial charge in [0.1, 0.15) is 17.7 Å². The molecule has 10 nitrogen and oxygen atoms in total. The molecule has 10 heteroatoms. The normalized spacial score (nSPS) is 23.3. The third kappa shape index (κ3) is 6.94. The molecule has 1 aromatic rings. The third-order valence-corrected chi connectivity index (χ3v) is 9.09. The van der Waals surface area contributed by atoms with Crippen LogP contribution in [0.5, 0.6) is 0 Å². The van der Waals surface area contributed by atoms with Crippen LogP contribution in [0.3, 0.4) is 0 Å². The molecule has 2 fully saturated rings. The van der Waals surface area contributed by atoms with E-state index in [-0.39, 0.29) is 42.0 Å². The highest BCUT2D eigenvalue weighted by Crippen LogP contribution is 2.65. The average molecular weight is 595 g/mol. The first-order valence-corrected chi connectivity index (χ1v) is 15.3. The maximum absolute atomic E-state index is 14.4. The molecule has 43 heavy (non-hydrogen) atoms. The van der Waals surface area contributed by atoms with Crippen molar-refractivity contribution in [1.29, 1.82) is 0 Å². The number of likely N-dealkylation sites (tertiary alicyclic amines) is 1. The molecule has 4 amide bonds. The Kier molecular flexibility index (Phi) is 9.37. The molecule has 234 valence electrons. The zero-order chi connectivity index (χ0) is 31.7. The molecular formula is C33H46N4O6. The summed E-state index contributed by atoms with van der Waals surface area (Å²) in [5.74, 6) is -2.53. The second-order valence-corrected chi connectivity index (χ2v) is 13.7. The van der Waals surface area contributed by atoms with Crippen molar-refractivity contribution >= 4 is 29.6 Å². The molecule has 1 aliphatic heterocycles. The van der Waals surface area contributed by atoms with Crippen LogP contribution in [0.2, 0.25) is 0 Å². The minimum absolute atomic E-state index is 0.103. The number of nitrogens with one attached hydrogen (secondary N) is 3. The van der Waals surface area contributed by atoms with E-state index in [1.807, 2.05) is 31.2 Å². The number of carbonyl (C=O) groups is 5. The molecule has 0 radical (unpaired) electrons. The fourth-order valence-corrected chi connectivity index (χ4v) is 6.86. The third-order valence-electron chi connectivity index (χ3n) is 9.09. The number of hydrogen-bond acceptors (Lipinski definition) is 6. The fraction of sp³-hybridized carbons (Fsp3) is 0.606. The number of ketones is 1. The lowest BCUT2D eigenvalue weighted by atomic mass is 9.93. The summed E-state index contributed by atoms with van der Waals surface area (Å²) < 4.78 is 5.53. The van der Waals surface area contributed by atoms with Crippen molar-refractivity contribution in [2.24, 2.45) is 23.2 Å². The maximum Gasteiger partial charge on any atom is 0.408 e. The summed E-state index contributed by atoms with van der Waals surface area (Å²) in [6.07, 6.45) is 2.86. The Morgan fingerprint density at radius 3 is 2.28 bits per heavy atom. The van der Waals surface area contributed by atoms with Crippen molar-refractivity contribution in [2.75, 3.05) is 13.1 Å². The van der Waals surface area contributed by atoms with Gasteiger partial charge in [-0.1, -0.05) is 57.5 Å². The summed E-state index contributed by atoms with van der Waals surface area (Å²) in [5.41, 5.74) is 1.34. The zero-order valence-electron chi connectivity index (χ0n) is 26.2. The molecule has 0 aromatic heterocycles. The topological polar surface area (TPSA) is 134 Å². The summed E-state index contributed by atoms with van der Waals surface area (Å²) in [6, 6.07) is 5.23. The van der Waals surface area contributed by atoms with E-state index < -0.39 is 47.4 Å². The van der Waals surface area contributed by atoms with Crippen LogP contribution in [0.25, 0.3) is 0 Å². The molecular weight excluding hydrogens is 548 g/mol. The number of piperidine rings is 1. The predicted molar refractivity (Wildman–Crippen MR) is 162 cm³/mol. The Balaban J connectivity index is 1.59. The van der Waals surface area contributed by atoms with Crippen molar-refractivity contribution in [3.8, 4) is 0 Å². The van der Waals surface area contributed by atoms with Crippen LogP contribution < -0.4 is 16.0 Å². The van der Waals surface area contributed by atoms with Crippen molar-refractivity contribution < 1.29 is 28.7 Å². The van der Waals surface area contributed by atoms with Crippen LogP contribution in [0.15, 0.2) is 36.9 Å². The lowest BCUT2D eigenvalue weighted by Gasteiger charge is -2.35. The van der Waals surface area contributed by atoms with Gasteiger partial charge in [0.2, 0.25) is 17.6 Å². The van der Waals surface area contributed by atoms with Crippen molar-refractivity contribution in [1.82, 2.24) is 20.9 Å². The first-order valence-electron chi connectivity index (χ1n) is 15.3. The minimum atomic E-state index is -1.01. The van der Waals surface area contributed by atoms with Crippen molar-refractivity contribution in [3.63, 3.8) is 0 Å². The van der Waals surface area contributed by atoms with Gasteiger partial charge in [-0.25, -0.2) is 4.79 Å². The molecule has 1 unspecified atom stereocenters. The Labute approximate surface area is 254 Å².